The van der Waals surface area contributed by atoms with Gasteiger partial charge in [-0.05, 0) is 0 Å². The van der Waals surface area contributed by atoms with E-state index in [1.807, 2.05) is 0 Å². The second-order valence-corrected chi connectivity index (χ2v) is 3.16. The van der Waals surface area contributed by atoms with Gasteiger partial charge in [0.1, 0.15) is 5.00 Å². The Hall–Kier alpha value is -1.30. The standard InChI is InChI=1S/C6H10N4OS/c1-8-5(11)3-10-6-9-2-4(7)12-6/h2H,3,7H2,1H3,(H,8,11)(H,9,10). The van der Waals surface area contributed by atoms with Crippen LogP contribution in [0.1, 0.15) is 0 Å². The van der Waals surface area contributed by atoms with E-state index in [-0.39, 0.29) is 12.5 Å². The maximum Gasteiger partial charge on any atom is 0.239 e. The highest BCUT2D eigenvalue weighted by Gasteiger charge is 2.00. The number of nitrogen functional groups attached to an aromatic ring is 1. The maximum absolute atomic E-state index is 10.8. The minimum Gasteiger partial charge on any atom is -0.389 e. The zero-order chi connectivity index (χ0) is 8.97. The minimum atomic E-state index is -0.0798. The topological polar surface area (TPSA) is 80.0 Å². The van der Waals surface area contributed by atoms with E-state index < -0.39 is 0 Å². The third-order valence-corrected chi connectivity index (χ3v) is 1.99. The molecule has 4 N–H and O–H groups in total. The van der Waals surface area contributed by atoms with Crippen molar-refractivity contribution in [2.24, 2.45) is 0 Å². The molecule has 0 bridgehead atoms. The second-order valence-electron chi connectivity index (χ2n) is 2.09. The van der Waals surface area contributed by atoms with E-state index in [0.717, 1.165) is 0 Å². The van der Waals surface area contributed by atoms with E-state index in [4.69, 9.17) is 5.73 Å². The normalized spacial score (nSPS) is 9.42. The number of nitrogens with one attached hydrogen (secondary N) is 2. The fourth-order valence-corrected chi connectivity index (χ4v) is 1.19. The molecule has 1 aromatic heterocycles. The average molecular weight is 186 g/mol. The van der Waals surface area contributed by atoms with Gasteiger partial charge in [-0.15, -0.1) is 0 Å². The summed E-state index contributed by atoms with van der Waals surface area (Å²) in [6.45, 7) is 0.226. The molecule has 6 heteroatoms. The van der Waals surface area contributed by atoms with Crippen LogP contribution >= 0.6 is 11.3 Å². The Morgan fingerprint density at radius 3 is 3.08 bits per heavy atom. The predicted octanol–water partition coefficient (Wildman–Crippen LogP) is -0.117. The molecule has 0 saturated carbocycles. The van der Waals surface area contributed by atoms with Gasteiger partial charge in [-0.1, -0.05) is 11.3 Å². The summed E-state index contributed by atoms with van der Waals surface area (Å²) in [5.74, 6) is -0.0798. The number of nitrogens with zero attached hydrogens (tertiary/aromatic N) is 1. The smallest absolute Gasteiger partial charge is 0.239 e. The Morgan fingerprint density at radius 2 is 2.58 bits per heavy atom. The first-order valence-corrected chi connectivity index (χ1v) is 4.20. The summed E-state index contributed by atoms with van der Waals surface area (Å²) >= 11 is 1.32. The number of amides is 1. The molecule has 1 aromatic rings. The Kier molecular flexibility index (Phi) is 2.87. The molecule has 12 heavy (non-hydrogen) atoms. The molecular formula is C6H10N4OS. The predicted molar refractivity (Wildman–Crippen MR) is 49.1 cm³/mol. The van der Waals surface area contributed by atoms with E-state index in [2.05, 4.69) is 15.6 Å². The van der Waals surface area contributed by atoms with Crippen molar-refractivity contribution in [3.8, 4) is 0 Å². The van der Waals surface area contributed by atoms with Crippen LogP contribution in [0.15, 0.2) is 6.20 Å². The molecule has 1 heterocycles. The summed E-state index contributed by atoms with van der Waals surface area (Å²) in [5.41, 5.74) is 5.43. The highest BCUT2D eigenvalue weighted by atomic mass is 32.1. The van der Waals surface area contributed by atoms with Gasteiger partial charge in [0.05, 0.1) is 12.7 Å². The SMILES string of the molecule is CNC(=O)CNc1ncc(N)s1. The van der Waals surface area contributed by atoms with Gasteiger partial charge in [0.15, 0.2) is 5.13 Å². The van der Waals surface area contributed by atoms with Crippen LogP contribution < -0.4 is 16.4 Å². The maximum atomic E-state index is 10.8. The van der Waals surface area contributed by atoms with Crippen LogP contribution in [0.2, 0.25) is 0 Å². The fourth-order valence-electron chi connectivity index (χ4n) is 0.613. The number of thiazole rings is 1. The van der Waals surface area contributed by atoms with Gasteiger partial charge < -0.3 is 16.4 Å². The molecule has 0 saturated heterocycles. The first-order valence-electron chi connectivity index (χ1n) is 3.38. The van der Waals surface area contributed by atoms with Crippen molar-refractivity contribution < 1.29 is 4.79 Å². The van der Waals surface area contributed by atoms with Crippen molar-refractivity contribution in [3.05, 3.63) is 6.20 Å². The van der Waals surface area contributed by atoms with Gasteiger partial charge in [-0.2, -0.15) is 0 Å². The molecule has 0 aliphatic rings. The fraction of sp³-hybridized carbons (Fsp3) is 0.333. The van der Waals surface area contributed by atoms with Crippen molar-refractivity contribution in [1.29, 1.82) is 0 Å². The summed E-state index contributed by atoms with van der Waals surface area (Å²) in [4.78, 5) is 14.7. The van der Waals surface area contributed by atoms with Gasteiger partial charge in [-0.25, -0.2) is 4.98 Å². The van der Waals surface area contributed by atoms with Crippen molar-refractivity contribution >= 4 is 27.4 Å². The first kappa shape index (κ1) is 8.79. The molecular weight excluding hydrogens is 176 g/mol. The van der Waals surface area contributed by atoms with Crippen molar-refractivity contribution in [2.75, 3.05) is 24.6 Å². The lowest BCUT2D eigenvalue weighted by Gasteiger charge is -1.99. The lowest BCUT2D eigenvalue weighted by atomic mass is 10.6. The highest BCUT2D eigenvalue weighted by molar-refractivity contribution is 7.19. The van der Waals surface area contributed by atoms with Gasteiger partial charge >= 0.3 is 0 Å². The summed E-state index contributed by atoms with van der Waals surface area (Å²) in [6.07, 6.45) is 1.55. The number of nitrogens with two attached hydrogens (primary N) is 1. The van der Waals surface area contributed by atoms with Gasteiger partial charge in [0.25, 0.3) is 0 Å². The van der Waals surface area contributed by atoms with Crippen LogP contribution in [0, 0.1) is 0 Å². The Bertz CT molecular complexity index is 272. The number of rotatable bonds is 3. The monoisotopic (exact) mass is 186 g/mol. The number of aromatic nitrogens is 1. The molecule has 1 rings (SSSR count). The van der Waals surface area contributed by atoms with Crippen LogP contribution in [-0.4, -0.2) is 24.5 Å². The zero-order valence-electron chi connectivity index (χ0n) is 6.63. The van der Waals surface area contributed by atoms with Gasteiger partial charge in [0, 0.05) is 7.05 Å². The van der Waals surface area contributed by atoms with Gasteiger partial charge in [0.2, 0.25) is 5.91 Å². The lowest BCUT2D eigenvalue weighted by molar-refractivity contribution is -0.118. The Labute approximate surface area is 74.0 Å². The van der Waals surface area contributed by atoms with Crippen LogP contribution in [0.4, 0.5) is 10.1 Å². The van der Waals surface area contributed by atoms with Crippen molar-refractivity contribution in [2.45, 2.75) is 0 Å². The van der Waals surface area contributed by atoms with Gasteiger partial charge in [-0.3, -0.25) is 4.79 Å². The molecule has 0 fully saturated rings. The van der Waals surface area contributed by atoms with E-state index >= 15 is 0 Å². The molecule has 1 amide bonds. The van der Waals surface area contributed by atoms with Crippen LogP contribution in [0.5, 0.6) is 0 Å². The number of hydrogen-bond donors (Lipinski definition) is 3. The number of likely N-dealkylation sites (N-methyl/N-ethyl adjacent to an activating group) is 1. The third-order valence-electron chi connectivity index (χ3n) is 1.20. The largest absolute Gasteiger partial charge is 0.389 e. The molecule has 0 aliphatic carbocycles. The second kappa shape index (κ2) is 3.91. The Balaban J connectivity index is 2.38. The molecule has 0 radical (unpaired) electrons. The number of anilines is 2. The molecule has 0 aromatic carbocycles. The van der Waals surface area contributed by atoms with Crippen LogP contribution in [0.3, 0.4) is 0 Å². The Morgan fingerprint density at radius 1 is 1.83 bits per heavy atom. The molecule has 0 unspecified atom stereocenters. The molecule has 0 spiro atoms. The first-order chi connectivity index (χ1) is 5.72. The quantitative estimate of drug-likeness (QED) is 0.615. The van der Waals surface area contributed by atoms with E-state index in [1.165, 1.54) is 11.3 Å². The van der Waals surface area contributed by atoms with E-state index in [0.29, 0.717) is 10.1 Å². The zero-order valence-corrected chi connectivity index (χ0v) is 7.44. The summed E-state index contributed by atoms with van der Waals surface area (Å²) in [5, 5.41) is 6.61. The number of carbonyl (C=O) groups excluding carboxylic acids is 1. The summed E-state index contributed by atoms with van der Waals surface area (Å²) in [6, 6.07) is 0. The van der Waals surface area contributed by atoms with Crippen molar-refractivity contribution in [1.82, 2.24) is 10.3 Å². The highest BCUT2D eigenvalue weighted by Crippen LogP contribution is 2.18. The lowest BCUT2D eigenvalue weighted by Crippen LogP contribution is -2.26. The molecule has 5 nitrogen and oxygen atoms in total. The van der Waals surface area contributed by atoms with E-state index in [9.17, 15) is 4.79 Å². The van der Waals surface area contributed by atoms with Crippen LogP contribution in [0.25, 0.3) is 0 Å². The molecule has 66 valence electrons. The third kappa shape index (κ3) is 2.39. The number of carbonyl (C=O) groups is 1. The van der Waals surface area contributed by atoms with Crippen LogP contribution in [-0.2, 0) is 4.79 Å². The number of hydrogen-bond acceptors (Lipinski definition) is 5. The summed E-state index contributed by atoms with van der Waals surface area (Å²) in [7, 11) is 1.58. The minimum absolute atomic E-state index is 0.0798. The summed E-state index contributed by atoms with van der Waals surface area (Å²) < 4.78 is 0. The molecule has 0 atom stereocenters. The average Bonchev–Trinajstić information content (AvgIpc) is 2.47. The molecule has 0 aliphatic heterocycles. The van der Waals surface area contributed by atoms with E-state index in [1.54, 1.807) is 13.2 Å². The van der Waals surface area contributed by atoms with Crippen molar-refractivity contribution in [3.63, 3.8) is 0 Å².